The molecule has 0 aliphatic carbocycles. The third-order valence-electron chi connectivity index (χ3n) is 4.26. The number of methoxy groups -OCH3 is 1. The predicted molar refractivity (Wildman–Crippen MR) is 75.2 cm³/mol. The Labute approximate surface area is 120 Å². The van der Waals surface area contributed by atoms with Gasteiger partial charge in [-0.25, -0.2) is 0 Å². The van der Waals surface area contributed by atoms with Crippen LogP contribution in [0.15, 0.2) is 0 Å². The minimum Gasteiger partial charge on any atom is -0.383 e. The molecule has 2 aliphatic rings. The number of carbonyl (C=O) groups excluding carboxylic acids is 2. The number of amides is 2. The molecular weight excluding hydrogens is 258 g/mol. The van der Waals surface area contributed by atoms with Crippen LogP contribution in [0.1, 0.15) is 13.3 Å². The number of piperazine rings is 1. The van der Waals surface area contributed by atoms with Gasteiger partial charge in [0, 0.05) is 46.3 Å². The van der Waals surface area contributed by atoms with Crippen LogP contribution in [0.25, 0.3) is 0 Å². The van der Waals surface area contributed by atoms with E-state index in [1.807, 2.05) is 11.8 Å². The van der Waals surface area contributed by atoms with Crippen molar-refractivity contribution >= 4 is 11.8 Å². The van der Waals surface area contributed by atoms with E-state index in [1.54, 1.807) is 12.0 Å². The first-order chi connectivity index (χ1) is 9.52. The first kappa shape index (κ1) is 15.3. The Morgan fingerprint density at radius 2 is 2.00 bits per heavy atom. The summed E-state index contributed by atoms with van der Waals surface area (Å²) in [4.78, 5) is 30.4. The van der Waals surface area contributed by atoms with Crippen LogP contribution in [-0.4, -0.2) is 86.0 Å². The van der Waals surface area contributed by atoms with Crippen LogP contribution < -0.4 is 0 Å². The van der Waals surface area contributed by atoms with E-state index in [-0.39, 0.29) is 23.8 Å². The lowest BCUT2D eigenvalue weighted by atomic mass is 10.1. The van der Waals surface area contributed by atoms with Crippen LogP contribution in [0.4, 0.5) is 0 Å². The molecule has 2 heterocycles. The summed E-state index contributed by atoms with van der Waals surface area (Å²) < 4.78 is 5.09. The second kappa shape index (κ2) is 6.54. The molecule has 20 heavy (non-hydrogen) atoms. The molecule has 0 aromatic carbocycles. The lowest BCUT2D eigenvalue weighted by Crippen LogP contribution is -2.49. The number of hydrogen-bond donors (Lipinski definition) is 0. The Hall–Kier alpha value is -1.14. The number of likely N-dealkylation sites (N-methyl/N-ethyl adjacent to an activating group) is 1. The third kappa shape index (κ3) is 3.30. The second-order valence-corrected chi connectivity index (χ2v) is 5.88. The molecule has 6 nitrogen and oxygen atoms in total. The quantitative estimate of drug-likeness (QED) is 0.707. The average molecular weight is 283 g/mol. The van der Waals surface area contributed by atoms with Gasteiger partial charge in [-0.2, -0.15) is 0 Å². The molecular formula is C14H25N3O3. The van der Waals surface area contributed by atoms with E-state index in [0.717, 1.165) is 26.2 Å². The molecule has 0 aromatic rings. The predicted octanol–water partition coefficient (Wildman–Crippen LogP) is -0.356. The lowest BCUT2D eigenvalue weighted by molar-refractivity contribution is -0.137. The number of likely N-dealkylation sites (tertiary alicyclic amines) is 1. The van der Waals surface area contributed by atoms with E-state index >= 15 is 0 Å². The maximum absolute atomic E-state index is 12.5. The molecule has 0 N–H and O–H groups in total. The average Bonchev–Trinajstić information content (AvgIpc) is 2.81. The fraction of sp³-hybridized carbons (Fsp3) is 0.857. The molecule has 2 rings (SSSR count). The molecule has 2 atom stereocenters. The molecule has 0 saturated carbocycles. The summed E-state index contributed by atoms with van der Waals surface area (Å²) in [6.45, 7) is 6.38. The maximum Gasteiger partial charge on any atom is 0.228 e. The molecule has 0 unspecified atom stereocenters. The van der Waals surface area contributed by atoms with Gasteiger partial charge in [0.05, 0.1) is 18.6 Å². The third-order valence-corrected chi connectivity index (χ3v) is 4.26. The van der Waals surface area contributed by atoms with E-state index in [4.69, 9.17) is 4.74 Å². The van der Waals surface area contributed by atoms with Crippen molar-refractivity contribution in [2.75, 3.05) is 53.5 Å². The molecule has 6 heteroatoms. The minimum absolute atomic E-state index is 0.0396. The summed E-state index contributed by atoms with van der Waals surface area (Å²) in [7, 11) is 3.69. The number of nitrogens with zero attached hydrogens (tertiary/aromatic N) is 3. The maximum atomic E-state index is 12.5. The number of hydrogen-bond acceptors (Lipinski definition) is 4. The van der Waals surface area contributed by atoms with Crippen molar-refractivity contribution < 1.29 is 14.3 Å². The number of rotatable bonds is 4. The highest BCUT2D eigenvalue weighted by molar-refractivity contribution is 5.89. The molecule has 2 fully saturated rings. The van der Waals surface area contributed by atoms with Crippen molar-refractivity contribution in [2.24, 2.45) is 5.92 Å². The van der Waals surface area contributed by atoms with Crippen LogP contribution in [0, 0.1) is 5.92 Å². The first-order valence-electron chi connectivity index (χ1n) is 7.28. The molecule has 0 spiro atoms. The second-order valence-electron chi connectivity index (χ2n) is 5.88. The standard InChI is InChI=1S/C14H25N3O3/c1-11(10-20-3)17-9-12(8-13(17)18)14(19)16-6-4-15(2)5-7-16/h11-12H,4-10H2,1-3H3/t11-,12+/m1/s1. The first-order valence-corrected chi connectivity index (χ1v) is 7.28. The summed E-state index contributed by atoms with van der Waals surface area (Å²) in [5.41, 5.74) is 0. The highest BCUT2D eigenvalue weighted by Crippen LogP contribution is 2.22. The normalized spacial score (nSPS) is 26.1. The molecule has 0 radical (unpaired) electrons. The number of carbonyl (C=O) groups is 2. The van der Waals surface area contributed by atoms with Gasteiger partial charge in [-0.1, -0.05) is 0 Å². The topological polar surface area (TPSA) is 53.1 Å². The summed E-state index contributed by atoms with van der Waals surface area (Å²) in [5.74, 6) is 0.0332. The van der Waals surface area contributed by atoms with Crippen LogP contribution >= 0.6 is 0 Å². The lowest BCUT2D eigenvalue weighted by Gasteiger charge is -2.34. The van der Waals surface area contributed by atoms with E-state index in [9.17, 15) is 9.59 Å². The zero-order valence-electron chi connectivity index (χ0n) is 12.7. The largest absolute Gasteiger partial charge is 0.383 e. The Bertz CT molecular complexity index is 367. The van der Waals surface area contributed by atoms with Crippen molar-refractivity contribution in [1.29, 1.82) is 0 Å². The van der Waals surface area contributed by atoms with E-state index in [1.165, 1.54) is 0 Å². The molecule has 2 saturated heterocycles. The monoisotopic (exact) mass is 283 g/mol. The van der Waals surface area contributed by atoms with E-state index in [0.29, 0.717) is 19.6 Å². The SMILES string of the molecule is COC[C@@H](C)N1C[C@@H](C(=O)N2CCN(C)CC2)CC1=O. The van der Waals surface area contributed by atoms with Crippen LogP contribution in [0.3, 0.4) is 0 Å². The van der Waals surface area contributed by atoms with Gasteiger partial charge in [-0.15, -0.1) is 0 Å². The van der Waals surface area contributed by atoms with Gasteiger partial charge in [-0.3, -0.25) is 9.59 Å². The number of ether oxygens (including phenoxy) is 1. The highest BCUT2D eigenvalue weighted by Gasteiger charge is 2.38. The van der Waals surface area contributed by atoms with Gasteiger partial charge < -0.3 is 19.4 Å². The van der Waals surface area contributed by atoms with Crippen LogP contribution in [-0.2, 0) is 14.3 Å². The summed E-state index contributed by atoms with van der Waals surface area (Å²) in [5, 5.41) is 0. The molecule has 114 valence electrons. The smallest absolute Gasteiger partial charge is 0.228 e. The Kier molecular flexibility index (Phi) is 4.99. The summed E-state index contributed by atoms with van der Waals surface area (Å²) >= 11 is 0. The van der Waals surface area contributed by atoms with Crippen molar-refractivity contribution in [3.05, 3.63) is 0 Å². The zero-order chi connectivity index (χ0) is 14.7. The van der Waals surface area contributed by atoms with Crippen LogP contribution in [0.5, 0.6) is 0 Å². The molecule has 2 amide bonds. The Morgan fingerprint density at radius 3 is 2.60 bits per heavy atom. The van der Waals surface area contributed by atoms with E-state index < -0.39 is 0 Å². The van der Waals surface area contributed by atoms with Crippen molar-refractivity contribution in [3.63, 3.8) is 0 Å². The van der Waals surface area contributed by atoms with Crippen molar-refractivity contribution in [2.45, 2.75) is 19.4 Å². The fourth-order valence-electron chi connectivity index (χ4n) is 2.94. The van der Waals surface area contributed by atoms with Gasteiger partial charge in [-0.05, 0) is 14.0 Å². The molecule has 0 aromatic heterocycles. The minimum atomic E-state index is -0.176. The van der Waals surface area contributed by atoms with Crippen molar-refractivity contribution in [3.8, 4) is 0 Å². The van der Waals surface area contributed by atoms with Crippen molar-refractivity contribution in [1.82, 2.24) is 14.7 Å². The van der Waals surface area contributed by atoms with E-state index in [2.05, 4.69) is 11.9 Å². The van der Waals surface area contributed by atoms with Crippen LogP contribution in [0.2, 0.25) is 0 Å². The molecule has 2 aliphatic heterocycles. The fourth-order valence-corrected chi connectivity index (χ4v) is 2.94. The Morgan fingerprint density at radius 1 is 1.35 bits per heavy atom. The van der Waals surface area contributed by atoms with Gasteiger partial charge >= 0.3 is 0 Å². The summed E-state index contributed by atoms with van der Waals surface area (Å²) in [6.07, 6.45) is 0.346. The van der Waals surface area contributed by atoms with Gasteiger partial charge in [0.2, 0.25) is 11.8 Å². The molecule has 0 bridgehead atoms. The Balaban J connectivity index is 1.91. The van der Waals surface area contributed by atoms with Gasteiger partial charge in [0.15, 0.2) is 0 Å². The summed E-state index contributed by atoms with van der Waals surface area (Å²) in [6, 6.07) is 0.0396. The van der Waals surface area contributed by atoms with Gasteiger partial charge in [0.1, 0.15) is 0 Å². The zero-order valence-corrected chi connectivity index (χ0v) is 12.7. The van der Waals surface area contributed by atoms with Gasteiger partial charge in [0.25, 0.3) is 0 Å². The highest BCUT2D eigenvalue weighted by atomic mass is 16.5.